The van der Waals surface area contributed by atoms with Crippen molar-refractivity contribution >= 4 is 46.7 Å². The molecule has 0 unspecified atom stereocenters. The van der Waals surface area contributed by atoms with E-state index in [0.29, 0.717) is 21.3 Å². The normalized spacial score (nSPS) is 10.6. The number of nitrogens with one attached hydrogen (secondary N) is 2. The first-order chi connectivity index (χ1) is 11.5. The van der Waals surface area contributed by atoms with E-state index in [1.54, 1.807) is 18.2 Å². The lowest BCUT2D eigenvalue weighted by Gasteiger charge is -2.06. The van der Waals surface area contributed by atoms with Gasteiger partial charge in [0.1, 0.15) is 0 Å². The second-order valence-corrected chi connectivity index (χ2v) is 5.44. The fourth-order valence-corrected chi connectivity index (χ4v) is 1.99. The van der Waals surface area contributed by atoms with Crippen LogP contribution in [0.5, 0.6) is 0 Å². The lowest BCUT2D eigenvalue weighted by molar-refractivity contribution is -0.384. The molecule has 0 aliphatic heterocycles. The van der Waals surface area contributed by atoms with Crippen molar-refractivity contribution in [1.29, 1.82) is 0 Å². The standard InChI is InChI=1S/C15H12Cl2N4O3/c16-13-6-3-11(7-14(13)17)18-9-15(22)20-19-8-10-1-4-12(5-2-10)21(23)24/h1-8,18H,9H2,(H,20,22). The molecule has 0 aliphatic carbocycles. The van der Waals surface area contributed by atoms with Gasteiger partial charge in [-0.1, -0.05) is 23.2 Å². The number of benzene rings is 2. The van der Waals surface area contributed by atoms with Crippen LogP contribution in [0.3, 0.4) is 0 Å². The minimum Gasteiger partial charge on any atom is -0.376 e. The summed E-state index contributed by atoms with van der Waals surface area (Å²) in [5, 5.41) is 18.0. The van der Waals surface area contributed by atoms with E-state index in [2.05, 4.69) is 15.8 Å². The fourth-order valence-electron chi connectivity index (χ4n) is 1.69. The molecule has 0 fully saturated rings. The first kappa shape index (κ1) is 17.7. The molecule has 2 aromatic rings. The highest BCUT2D eigenvalue weighted by atomic mass is 35.5. The van der Waals surface area contributed by atoms with Crippen LogP contribution in [0.2, 0.25) is 10.0 Å². The van der Waals surface area contributed by atoms with Crippen molar-refractivity contribution in [3.63, 3.8) is 0 Å². The summed E-state index contributed by atoms with van der Waals surface area (Å²) in [6.45, 7) is -0.00440. The number of anilines is 1. The van der Waals surface area contributed by atoms with Crippen LogP contribution in [0.4, 0.5) is 11.4 Å². The van der Waals surface area contributed by atoms with Gasteiger partial charge in [-0.25, -0.2) is 5.43 Å². The molecule has 0 heterocycles. The van der Waals surface area contributed by atoms with Crippen LogP contribution in [-0.4, -0.2) is 23.6 Å². The summed E-state index contributed by atoms with van der Waals surface area (Å²) in [6.07, 6.45) is 1.39. The molecule has 2 N–H and O–H groups in total. The Kier molecular flexibility index (Phi) is 6.11. The summed E-state index contributed by atoms with van der Waals surface area (Å²) < 4.78 is 0. The average molecular weight is 367 g/mol. The third-order valence-corrected chi connectivity index (χ3v) is 3.62. The van der Waals surface area contributed by atoms with Gasteiger partial charge >= 0.3 is 0 Å². The van der Waals surface area contributed by atoms with E-state index in [4.69, 9.17) is 23.2 Å². The Labute approximate surface area is 147 Å². The van der Waals surface area contributed by atoms with E-state index < -0.39 is 4.92 Å². The molecule has 124 valence electrons. The number of rotatable bonds is 6. The largest absolute Gasteiger partial charge is 0.376 e. The van der Waals surface area contributed by atoms with Crippen molar-refractivity contribution in [3.8, 4) is 0 Å². The van der Waals surface area contributed by atoms with E-state index in [9.17, 15) is 14.9 Å². The van der Waals surface area contributed by atoms with Gasteiger partial charge in [0.15, 0.2) is 0 Å². The van der Waals surface area contributed by atoms with Crippen molar-refractivity contribution in [2.45, 2.75) is 0 Å². The molecule has 0 spiro atoms. The molecule has 7 nitrogen and oxygen atoms in total. The Morgan fingerprint density at radius 3 is 2.50 bits per heavy atom. The van der Waals surface area contributed by atoms with E-state index in [1.165, 1.54) is 30.5 Å². The van der Waals surface area contributed by atoms with Gasteiger partial charge in [0.25, 0.3) is 11.6 Å². The molecule has 1 amide bonds. The number of hydrogen-bond acceptors (Lipinski definition) is 5. The van der Waals surface area contributed by atoms with Crippen LogP contribution >= 0.6 is 23.2 Å². The van der Waals surface area contributed by atoms with Crippen molar-refractivity contribution in [3.05, 3.63) is 68.2 Å². The first-order valence-electron chi connectivity index (χ1n) is 6.71. The van der Waals surface area contributed by atoms with Gasteiger partial charge < -0.3 is 5.32 Å². The highest BCUT2D eigenvalue weighted by Crippen LogP contribution is 2.24. The Bertz CT molecular complexity index is 779. The summed E-state index contributed by atoms with van der Waals surface area (Å²) in [5.41, 5.74) is 3.60. The summed E-state index contributed by atoms with van der Waals surface area (Å²) in [5.74, 6) is -0.362. The van der Waals surface area contributed by atoms with Crippen molar-refractivity contribution in [2.24, 2.45) is 5.10 Å². The molecule has 2 aromatic carbocycles. The lowest BCUT2D eigenvalue weighted by atomic mass is 10.2. The summed E-state index contributed by atoms with van der Waals surface area (Å²) >= 11 is 11.7. The summed E-state index contributed by atoms with van der Waals surface area (Å²) in [6, 6.07) is 10.7. The van der Waals surface area contributed by atoms with E-state index >= 15 is 0 Å². The van der Waals surface area contributed by atoms with Gasteiger partial charge in [-0.3, -0.25) is 14.9 Å². The molecule has 0 saturated heterocycles. The van der Waals surface area contributed by atoms with Gasteiger partial charge in [-0.2, -0.15) is 5.10 Å². The first-order valence-corrected chi connectivity index (χ1v) is 7.46. The smallest absolute Gasteiger partial charge is 0.269 e. The molecule has 9 heteroatoms. The molecule has 0 bridgehead atoms. The predicted molar refractivity (Wildman–Crippen MR) is 93.8 cm³/mol. The van der Waals surface area contributed by atoms with Crippen LogP contribution in [0.1, 0.15) is 5.56 Å². The van der Waals surface area contributed by atoms with Gasteiger partial charge in [0.2, 0.25) is 0 Å². The third kappa shape index (κ3) is 5.22. The monoisotopic (exact) mass is 366 g/mol. The maximum Gasteiger partial charge on any atom is 0.269 e. The van der Waals surface area contributed by atoms with Crippen LogP contribution in [0.15, 0.2) is 47.6 Å². The zero-order valence-electron chi connectivity index (χ0n) is 12.2. The summed E-state index contributed by atoms with van der Waals surface area (Å²) in [4.78, 5) is 21.7. The van der Waals surface area contributed by atoms with Crippen LogP contribution in [0, 0.1) is 10.1 Å². The SMILES string of the molecule is O=C(CNc1ccc(Cl)c(Cl)c1)NN=Cc1ccc([N+](=O)[O-])cc1. The number of carbonyl (C=O) groups is 1. The number of nitro benzene ring substituents is 1. The number of carbonyl (C=O) groups excluding carboxylic acids is 1. The van der Waals surface area contributed by atoms with E-state index in [-0.39, 0.29) is 18.1 Å². The average Bonchev–Trinajstić information content (AvgIpc) is 2.56. The van der Waals surface area contributed by atoms with Crippen LogP contribution in [-0.2, 0) is 4.79 Å². The number of nitro groups is 1. The maximum absolute atomic E-state index is 11.7. The second kappa shape index (κ2) is 8.28. The van der Waals surface area contributed by atoms with Crippen LogP contribution < -0.4 is 10.7 Å². The highest BCUT2D eigenvalue weighted by molar-refractivity contribution is 6.42. The van der Waals surface area contributed by atoms with Gasteiger partial charge in [-0.05, 0) is 35.9 Å². The Balaban J connectivity index is 1.81. The molecular weight excluding hydrogens is 355 g/mol. The topological polar surface area (TPSA) is 96.6 Å². The van der Waals surface area contributed by atoms with Gasteiger partial charge in [-0.15, -0.1) is 0 Å². The molecule has 24 heavy (non-hydrogen) atoms. The molecular formula is C15H12Cl2N4O3. The molecule has 0 saturated carbocycles. The molecule has 0 aliphatic rings. The highest BCUT2D eigenvalue weighted by Gasteiger charge is 2.04. The minimum atomic E-state index is -0.489. The van der Waals surface area contributed by atoms with Crippen LogP contribution in [0.25, 0.3) is 0 Å². The third-order valence-electron chi connectivity index (χ3n) is 2.88. The number of amides is 1. The van der Waals surface area contributed by atoms with Crippen molar-refractivity contribution < 1.29 is 9.72 Å². The zero-order valence-corrected chi connectivity index (χ0v) is 13.7. The molecule has 0 atom stereocenters. The number of non-ortho nitro benzene ring substituents is 1. The second-order valence-electron chi connectivity index (χ2n) is 4.62. The predicted octanol–water partition coefficient (Wildman–Crippen LogP) is 3.46. The molecule has 0 aromatic heterocycles. The Morgan fingerprint density at radius 2 is 1.88 bits per heavy atom. The van der Waals surface area contributed by atoms with Crippen molar-refractivity contribution in [1.82, 2.24) is 5.43 Å². The number of hydrazone groups is 1. The maximum atomic E-state index is 11.7. The number of halogens is 2. The minimum absolute atomic E-state index is 0.00440. The quantitative estimate of drug-likeness (QED) is 0.464. The number of nitrogens with zero attached hydrogens (tertiary/aromatic N) is 2. The Morgan fingerprint density at radius 1 is 1.17 bits per heavy atom. The summed E-state index contributed by atoms with van der Waals surface area (Å²) in [7, 11) is 0. The van der Waals surface area contributed by atoms with Gasteiger partial charge in [0, 0.05) is 17.8 Å². The number of hydrogen-bond donors (Lipinski definition) is 2. The van der Waals surface area contributed by atoms with Gasteiger partial charge in [0.05, 0.1) is 27.7 Å². The van der Waals surface area contributed by atoms with E-state index in [1.807, 2.05) is 0 Å². The van der Waals surface area contributed by atoms with Crippen molar-refractivity contribution in [2.75, 3.05) is 11.9 Å². The zero-order chi connectivity index (χ0) is 17.5. The fraction of sp³-hybridized carbons (Fsp3) is 0.0667. The van der Waals surface area contributed by atoms with E-state index in [0.717, 1.165) is 0 Å². The lowest BCUT2D eigenvalue weighted by Crippen LogP contribution is -2.25. The molecule has 2 rings (SSSR count). The Hall–Kier alpha value is -2.64. The molecule has 0 radical (unpaired) electrons.